The Bertz CT molecular complexity index is 271. The third-order valence-electron chi connectivity index (χ3n) is 3.84. The van der Waals surface area contributed by atoms with Crippen LogP contribution in [0.2, 0.25) is 0 Å². The van der Waals surface area contributed by atoms with Gasteiger partial charge in [0.05, 0.1) is 6.54 Å². The van der Waals surface area contributed by atoms with Gasteiger partial charge in [-0.05, 0) is 18.8 Å². The number of ether oxygens (including phenoxy) is 1. The fourth-order valence-electron chi connectivity index (χ4n) is 2.68. The first kappa shape index (κ1) is 13.6. The van der Waals surface area contributed by atoms with Crippen molar-refractivity contribution in [2.45, 2.75) is 12.8 Å². The molecule has 0 saturated carbocycles. The molecule has 6 heteroatoms. The molecule has 0 unspecified atom stereocenters. The molecular weight excluding hydrogens is 232 g/mol. The minimum absolute atomic E-state index is 0.299. The van der Waals surface area contributed by atoms with E-state index in [-0.39, 0.29) is 0 Å². The van der Waals surface area contributed by atoms with Gasteiger partial charge in [0.15, 0.2) is 5.84 Å². The van der Waals surface area contributed by atoms with Crippen LogP contribution in [0.1, 0.15) is 12.8 Å². The van der Waals surface area contributed by atoms with Crippen LogP contribution in [0, 0.1) is 5.92 Å². The van der Waals surface area contributed by atoms with Gasteiger partial charge < -0.3 is 20.6 Å². The fraction of sp³-hybridized carbons (Fsp3) is 0.917. The third-order valence-corrected chi connectivity index (χ3v) is 3.84. The van der Waals surface area contributed by atoms with E-state index in [9.17, 15) is 0 Å². The third kappa shape index (κ3) is 4.12. The lowest BCUT2D eigenvalue weighted by Crippen LogP contribution is -2.50. The van der Waals surface area contributed by atoms with E-state index >= 15 is 0 Å². The number of hydrogen-bond donors (Lipinski definition) is 2. The molecule has 18 heavy (non-hydrogen) atoms. The van der Waals surface area contributed by atoms with Crippen molar-refractivity contribution in [1.29, 1.82) is 0 Å². The molecule has 2 fully saturated rings. The predicted molar refractivity (Wildman–Crippen MR) is 69.8 cm³/mol. The molecular formula is C12H24N4O2. The SMILES string of the molecule is NC(CN1CCN(CC2CCOCC2)CC1)=NO. The molecule has 3 N–H and O–H groups in total. The summed E-state index contributed by atoms with van der Waals surface area (Å²) in [5, 5.41) is 11.6. The monoisotopic (exact) mass is 256 g/mol. The van der Waals surface area contributed by atoms with Gasteiger partial charge in [-0.3, -0.25) is 4.90 Å². The van der Waals surface area contributed by atoms with Crippen molar-refractivity contribution in [2.75, 3.05) is 52.5 Å². The average Bonchev–Trinajstić information content (AvgIpc) is 2.42. The minimum atomic E-state index is 0.299. The number of oxime groups is 1. The van der Waals surface area contributed by atoms with Crippen LogP contribution in [0.3, 0.4) is 0 Å². The van der Waals surface area contributed by atoms with E-state index in [4.69, 9.17) is 15.7 Å². The highest BCUT2D eigenvalue weighted by Gasteiger charge is 2.21. The summed E-state index contributed by atoms with van der Waals surface area (Å²) in [7, 11) is 0. The highest BCUT2D eigenvalue weighted by molar-refractivity contribution is 5.81. The summed E-state index contributed by atoms with van der Waals surface area (Å²) in [6.07, 6.45) is 2.40. The number of piperazine rings is 1. The summed E-state index contributed by atoms with van der Waals surface area (Å²) in [5.74, 6) is 1.10. The van der Waals surface area contributed by atoms with E-state index < -0.39 is 0 Å². The number of rotatable bonds is 4. The van der Waals surface area contributed by atoms with E-state index in [1.807, 2.05) is 0 Å². The van der Waals surface area contributed by atoms with Gasteiger partial charge in [0.1, 0.15) is 0 Å². The Hall–Kier alpha value is -0.850. The molecule has 0 spiro atoms. The first-order valence-corrected chi connectivity index (χ1v) is 6.77. The van der Waals surface area contributed by atoms with Gasteiger partial charge in [0.25, 0.3) is 0 Å². The number of amidine groups is 1. The maximum Gasteiger partial charge on any atom is 0.153 e. The summed E-state index contributed by atoms with van der Waals surface area (Å²) in [5.41, 5.74) is 5.52. The van der Waals surface area contributed by atoms with E-state index in [2.05, 4.69) is 15.0 Å². The Balaban J connectivity index is 1.66. The van der Waals surface area contributed by atoms with E-state index in [1.165, 1.54) is 19.4 Å². The van der Waals surface area contributed by atoms with Gasteiger partial charge >= 0.3 is 0 Å². The summed E-state index contributed by atoms with van der Waals surface area (Å²) < 4.78 is 5.38. The fourth-order valence-corrected chi connectivity index (χ4v) is 2.68. The van der Waals surface area contributed by atoms with Crippen molar-refractivity contribution in [3.8, 4) is 0 Å². The van der Waals surface area contributed by atoms with Gasteiger partial charge in [0.2, 0.25) is 0 Å². The van der Waals surface area contributed by atoms with Crippen molar-refractivity contribution in [2.24, 2.45) is 16.8 Å². The minimum Gasteiger partial charge on any atom is -0.409 e. The second-order valence-electron chi connectivity index (χ2n) is 5.22. The first-order chi connectivity index (χ1) is 8.78. The summed E-state index contributed by atoms with van der Waals surface area (Å²) in [6.45, 7) is 7.77. The Morgan fingerprint density at radius 1 is 1.17 bits per heavy atom. The van der Waals surface area contributed by atoms with Gasteiger partial charge in [-0.2, -0.15) is 0 Å². The van der Waals surface area contributed by atoms with Crippen molar-refractivity contribution in [1.82, 2.24) is 9.80 Å². The molecule has 2 heterocycles. The largest absolute Gasteiger partial charge is 0.409 e. The molecule has 0 aromatic rings. The van der Waals surface area contributed by atoms with Crippen LogP contribution in [0.25, 0.3) is 0 Å². The van der Waals surface area contributed by atoms with Crippen molar-refractivity contribution in [3.05, 3.63) is 0 Å². The highest BCUT2D eigenvalue weighted by Crippen LogP contribution is 2.16. The number of nitrogens with two attached hydrogens (primary N) is 1. The lowest BCUT2D eigenvalue weighted by atomic mass is 9.99. The Morgan fingerprint density at radius 2 is 1.78 bits per heavy atom. The standard InChI is InChI=1S/C12H24N4O2/c13-12(14-17)10-16-5-3-15(4-6-16)9-11-1-7-18-8-2-11/h11,17H,1-10H2,(H2,13,14). The van der Waals surface area contributed by atoms with Gasteiger partial charge in [-0.1, -0.05) is 5.16 Å². The van der Waals surface area contributed by atoms with E-state index in [1.54, 1.807) is 0 Å². The molecule has 0 radical (unpaired) electrons. The molecule has 0 aliphatic carbocycles. The smallest absolute Gasteiger partial charge is 0.153 e. The molecule has 2 rings (SSSR count). The maximum atomic E-state index is 8.55. The van der Waals surface area contributed by atoms with Crippen LogP contribution in [0.4, 0.5) is 0 Å². The molecule has 0 aromatic heterocycles. The van der Waals surface area contributed by atoms with Crippen LogP contribution < -0.4 is 5.73 Å². The number of hydrogen-bond acceptors (Lipinski definition) is 5. The van der Waals surface area contributed by atoms with Gasteiger partial charge in [-0.15, -0.1) is 0 Å². The van der Waals surface area contributed by atoms with Crippen LogP contribution in [0.15, 0.2) is 5.16 Å². The average molecular weight is 256 g/mol. The second-order valence-corrected chi connectivity index (χ2v) is 5.22. The van der Waals surface area contributed by atoms with Crippen molar-refractivity contribution < 1.29 is 9.94 Å². The molecule has 0 amide bonds. The zero-order valence-corrected chi connectivity index (χ0v) is 10.9. The van der Waals surface area contributed by atoms with Gasteiger partial charge in [0, 0.05) is 45.9 Å². The first-order valence-electron chi connectivity index (χ1n) is 6.77. The summed E-state index contributed by atoms with van der Waals surface area (Å²) in [4.78, 5) is 4.76. The zero-order chi connectivity index (χ0) is 12.8. The predicted octanol–water partition coefficient (Wildman–Crippen LogP) is -0.223. The van der Waals surface area contributed by atoms with Crippen molar-refractivity contribution in [3.63, 3.8) is 0 Å². The molecule has 0 aromatic carbocycles. The van der Waals surface area contributed by atoms with Crippen LogP contribution >= 0.6 is 0 Å². The van der Waals surface area contributed by atoms with Crippen LogP contribution in [-0.2, 0) is 4.74 Å². The Morgan fingerprint density at radius 3 is 2.39 bits per heavy atom. The lowest BCUT2D eigenvalue weighted by molar-refractivity contribution is 0.0437. The molecule has 2 aliphatic rings. The molecule has 2 saturated heterocycles. The Kier molecular flexibility index (Phi) is 5.22. The molecule has 0 atom stereocenters. The van der Waals surface area contributed by atoms with Gasteiger partial charge in [-0.25, -0.2) is 0 Å². The molecule has 6 nitrogen and oxygen atoms in total. The quantitative estimate of drug-likeness (QED) is 0.315. The Labute approximate surface area is 108 Å². The second kappa shape index (κ2) is 6.92. The molecule has 2 aliphatic heterocycles. The zero-order valence-electron chi connectivity index (χ0n) is 10.9. The van der Waals surface area contributed by atoms with Crippen LogP contribution in [-0.4, -0.2) is 73.3 Å². The molecule has 0 bridgehead atoms. The molecule has 104 valence electrons. The lowest BCUT2D eigenvalue weighted by Gasteiger charge is -2.36. The summed E-state index contributed by atoms with van der Waals surface area (Å²) in [6, 6.07) is 0. The number of nitrogens with zero attached hydrogens (tertiary/aromatic N) is 3. The van der Waals surface area contributed by atoms with E-state index in [0.717, 1.165) is 45.3 Å². The topological polar surface area (TPSA) is 74.3 Å². The van der Waals surface area contributed by atoms with Crippen LogP contribution in [0.5, 0.6) is 0 Å². The van der Waals surface area contributed by atoms with Crippen molar-refractivity contribution >= 4 is 5.84 Å². The summed E-state index contributed by atoms with van der Waals surface area (Å²) >= 11 is 0. The van der Waals surface area contributed by atoms with E-state index in [0.29, 0.717) is 12.4 Å². The maximum absolute atomic E-state index is 8.55. The highest BCUT2D eigenvalue weighted by atomic mass is 16.5. The normalized spacial score (nSPS) is 25.4.